The van der Waals surface area contributed by atoms with Gasteiger partial charge in [-0.3, -0.25) is 10.1 Å². The number of rotatable bonds is 5. The van der Waals surface area contributed by atoms with Crippen LogP contribution in [0, 0.1) is 15.5 Å². The summed E-state index contributed by atoms with van der Waals surface area (Å²) in [4.78, 5) is 23.6. The van der Waals surface area contributed by atoms with E-state index in [4.69, 9.17) is 16.3 Å². The maximum absolute atomic E-state index is 13.1. The summed E-state index contributed by atoms with van der Waals surface area (Å²) in [5, 5.41) is 20.5. The molecule has 1 aliphatic rings. The number of ether oxygens (including phenoxy) is 1. The summed E-state index contributed by atoms with van der Waals surface area (Å²) < 4.78 is 5.16. The minimum absolute atomic E-state index is 0.0200. The molecule has 8 heteroatoms. The van der Waals surface area contributed by atoms with Crippen molar-refractivity contribution in [2.75, 3.05) is 7.11 Å². The third-order valence-electron chi connectivity index (χ3n) is 5.26. The van der Waals surface area contributed by atoms with Gasteiger partial charge in [0.2, 0.25) is 5.54 Å². The van der Waals surface area contributed by atoms with E-state index < -0.39 is 16.4 Å². The lowest BCUT2D eigenvalue weighted by molar-refractivity contribution is -0.384. The van der Waals surface area contributed by atoms with Gasteiger partial charge in [0.15, 0.2) is 0 Å². The first-order chi connectivity index (χ1) is 14.6. The SMILES string of the molecule is COC(=O)[C@@]1(Cc2ccc([N+](=O)[O-])cc2)N=N[C@H](C(C)(C)C)/C1=C/c1ccc(Cl)cc1. The van der Waals surface area contributed by atoms with Crippen LogP contribution in [0.5, 0.6) is 0 Å². The summed E-state index contributed by atoms with van der Waals surface area (Å²) in [6.45, 7) is 6.10. The molecule has 2 atom stereocenters. The van der Waals surface area contributed by atoms with Crippen LogP contribution in [-0.2, 0) is 16.0 Å². The molecule has 0 aromatic heterocycles. The van der Waals surface area contributed by atoms with Crippen molar-refractivity contribution in [2.24, 2.45) is 15.6 Å². The molecule has 0 radical (unpaired) electrons. The molecule has 1 heterocycles. The number of nitrogens with zero attached hydrogens (tertiary/aromatic N) is 3. The Morgan fingerprint density at radius 3 is 2.32 bits per heavy atom. The number of nitro groups is 1. The van der Waals surface area contributed by atoms with Gasteiger partial charge in [-0.15, -0.1) is 0 Å². The van der Waals surface area contributed by atoms with Crippen molar-refractivity contribution in [3.8, 4) is 0 Å². The van der Waals surface area contributed by atoms with Crippen molar-refractivity contribution in [2.45, 2.75) is 38.8 Å². The molecule has 0 N–H and O–H groups in total. The summed E-state index contributed by atoms with van der Waals surface area (Å²) in [6.07, 6.45) is 2.09. The number of halogens is 1. The van der Waals surface area contributed by atoms with E-state index in [1.807, 2.05) is 39.0 Å². The lowest BCUT2D eigenvalue weighted by Crippen LogP contribution is -2.43. The van der Waals surface area contributed by atoms with Crippen molar-refractivity contribution < 1.29 is 14.5 Å². The zero-order chi connectivity index (χ0) is 22.8. The van der Waals surface area contributed by atoms with Gasteiger partial charge in [-0.25, -0.2) is 4.79 Å². The molecular weight excluding hydrogens is 418 g/mol. The Balaban J connectivity index is 2.13. The second-order valence-corrected chi connectivity index (χ2v) is 9.02. The van der Waals surface area contributed by atoms with Crippen molar-refractivity contribution in [1.29, 1.82) is 0 Å². The van der Waals surface area contributed by atoms with Gasteiger partial charge >= 0.3 is 5.97 Å². The number of methoxy groups -OCH3 is 1. The standard InChI is InChI=1S/C23H24ClN3O4/c1-22(2,3)20-19(13-15-5-9-17(24)10-6-15)23(26-25-20,21(28)31-4)14-16-7-11-18(12-8-16)27(29)30/h5-13,20H,14H2,1-4H3/b19-13-/t20-,23-/m0/s1. The normalized spacial score (nSPS) is 22.0. The number of azo groups is 1. The summed E-state index contributed by atoms with van der Waals surface area (Å²) in [6, 6.07) is 13.0. The molecule has 0 spiro atoms. The van der Waals surface area contributed by atoms with E-state index in [0.29, 0.717) is 16.2 Å². The summed E-state index contributed by atoms with van der Waals surface area (Å²) in [5.74, 6) is -0.526. The van der Waals surface area contributed by atoms with Crippen LogP contribution >= 0.6 is 11.6 Å². The van der Waals surface area contributed by atoms with E-state index in [2.05, 4.69) is 10.2 Å². The molecule has 31 heavy (non-hydrogen) atoms. The van der Waals surface area contributed by atoms with Crippen molar-refractivity contribution >= 4 is 29.3 Å². The molecule has 0 unspecified atom stereocenters. The monoisotopic (exact) mass is 441 g/mol. The minimum atomic E-state index is -1.36. The van der Waals surface area contributed by atoms with E-state index in [-0.39, 0.29) is 23.6 Å². The number of carbonyl (C=O) groups excluding carboxylic acids is 1. The maximum Gasteiger partial charge on any atom is 0.340 e. The van der Waals surface area contributed by atoms with Crippen LogP contribution in [0.3, 0.4) is 0 Å². The quantitative estimate of drug-likeness (QED) is 0.339. The Labute approximate surface area is 185 Å². The molecule has 7 nitrogen and oxygen atoms in total. The van der Waals surface area contributed by atoms with Crippen molar-refractivity contribution in [1.82, 2.24) is 0 Å². The number of esters is 1. The molecule has 0 fully saturated rings. The largest absolute Gasteiger partial charge is 0.467 e. The topological polar surface area (TPSA) is 94.2 Å². The lowest BCUT2D eigenvalue weighted by Gasteiger charge is -2.31. The van der Waals surface area contributed by atoms with Gasteiger partial charge in [0, 0.05) is 23.6 Å². The molecule has 0 saturated heterocycles. The number of hydrogen-bond donors (Lipinski definition) is 0. The first-order valence-corrected chi connectivity index (χ1v) is 10.2. The highest BCUT2D eigenvalue weighted by atomic mass is 35.5. The molecule has 162 valence electrons. The molecular formula is C23H24ClN3O4. The Morgan fingerprint density at radius 2 is 1.81 bits per heavy atom. The van der Waals surface area contributed by atoms with Gasteiger partial charge in [-0.1, -0.05) is 62.7 Å². The van der Waals surface area contributed by atoms with Crippen LogP contribution in [0.15, 0.2) is 64.3 Å². The summed E-state index contributed by atoms with van der Waals surface area (Å²) in [5.41, 5.74) is 0.612. The fourth-order valence-corrected chi connectivity index (χ4v) is 3.77. The van der Waals surface area contributed by atoms with Gasteiger partial charge in [0.1, 0.15) is 0 Å². The molecule has 0 saturated carbocycles. The highest BCUT2D eigenvalue weighted by Crippen LogP contribution is 2.45. The van der Waals surface area contributed by atoms with Crippen LogP contribution in [0.25, 0.3) is 6.08 Å². The van der Waals surface area contributed by atoms with E-state index in [1.165, 1.54) is 19.2 Å². The third-order valence-corrected chi connectivity index (χ3v) is 5.51. The first kappa shape index (κ1) is 22.6. The fraction of sp³-hybridized carbons (Fsp3) is 0.348. The predicted octanol–water partition coefficient (Wildman–Crippen LogP) is 5.67. The summed E-state index contributed by atoms with van der Waals surface area (Å²) >= 11 is 6.02. The fourth-order valence-electron chi connectivity index (χ4n) is 3.65. The number of hydrogen-bond acceptors (Lipinski definition) is 6. The first-order valence-electron chi connectivity index (χ1n) is 9.78. The predicted molar refractivity (Wildman–Crippen MR) is 119 cm³/mol. The number of non-ortho nitro benzene ring substituents is 1. The minimum Gasteiger partial charge on any atom is -0.467 e. The van der Waals surface area contributed by atoms with E-state index in [0.717, 1.165) is 5.56 Å². The smallest absolute Gasteiger partial charge is 0.340 e. The van der Waals surface area contributed by atoms with Gasteiger partial charge < -0.3 is 4.74 Å². The summed E-state index contributed by atoms with van der Waals surface area (Å²) in [7, 11) is 1.32. The second-order valence-electron chi connectivity index (χ2n) is 8.59. The molecule has 1 aliphatic heterocycles. The highest BCUT2D eigenvalue weighted by molar-refractivity contribution is 6.30. The van der Waals surface area contributed by atoms with Gasteiger partial charge in [-0.05, 0) is 34.2 Å². The van der Waals surface area contributed by atoms with Crippen LogP contribution in [0.2, 0.25) is 5.02 Å². The van der Waals surface area contributed by atoms with E-state index in [9.17, 15) is 14.9 Å². The number of benzene rings is 2. The van der Waals surface area contributed by atoms with Gasteiger partial charge in [0.05, 0.1) is 18.1 Å². The van der Waals surface area contributed by atoms with E-state index in [1.54, 1.807) is 24.3 Å². The Morgan fingerprint density at radius 1 is 1.19 bits per heavy atom. The molecule has 3 rings (SSSR count). The molecule has 0 aliphatic carbocycles. The average molecular weight is 442 g/mol. The van der Waals surface area contributed by atoms with Gasteiger partial charge in [-0.2, -0.15) is 10.2 Å². The highest BCUT2D eigenvalue weighted by Gasteiger charge is 2.53. The van der Waals surface area contributed by atoms with Crippen molar-refractivity contribution in [3.63, 3.8) is 0 Å². The van der Waals surface area contributed by atoms with Crippen LogP contribution in [0.4, 0.5) is 5.69 Å². The number of nitro benzene ring substituents is 1. The maximum atomic E-state index is 13.1. The number of carbonyl (C=O) groups is 1. The molecule has 0 bridgehead atoms. The Hall–Kier alpha value is -3.06. The lowest BCUT2D eigenvalue weighted by atomic mass is 9.73. The van der Waals surface area contributed by atoms with Crippen LogP contribution in [-0.4, -0.2) is 29.6 Å². The van der Waals surface area contributed by atoms with Crippen molar-refractivity contribution in [3.05, 3.63) is 80.4 Å². The second kappa shape index (κ2) is 8.59. The van der Waals surface area contributed by atoms with Gasteiger partial charge in [0.25, 0.3) is 5.69 Å². The van der Waals surface area contributed by atoms with Crippen LogP contribution in [0.1, 0.15) is 31.9 Å². The zero-order valence-corrected chi connectivity index (χ0v) is 18.6. The zero-order valence-electron chi connectivity index (χ0n) is 17.8. The Bertz CT molecular complexity index is 1040. The molecule has 0 amide bonds. The van der Waals surface area contributed by atoms with E-state index >= 15 is 0 Å². The Kier molecular flexibility index (Phi) is 6.27. The average Bonchev–Trinajstić information content (AvgIpc) is 3.08. The third kappa shape index (κ3) is 4.66. The van der Waals surface area contributed by atoms with Crippen LogP contribution < -0.4 is 0 Å². The molecule has 2 aromatic carbocycles. The molecule has 2 aromatic rings.